The van der Waals surface area contributed by atoms with Crippen LogP contribution in [0.2, 0.25) is 0 Å². The third-order valence-electron chi connectivity index (χ3n) is 2.34. The molecule has 0 saturated heterocycles. The van der Waals surface area contributed by atoms with Crippen LogP contribution in [0.4, 0.5) is 0 Å². The van der Waals surface area contributed by atoms with Crippen LogP contribution < -0.4 is 5.73 Å². The number of benzene rings is 1. The predicted octanol–water partition coefficient (Wildman–Crippen LogP) is 2.60. The first-order chi connectivity index (χ1) is 6.15. The SMILES string of the molecule is C=C(c1cccc(C)c1)C(C)CN. The van der Waals surface area contributed by atoms with Crippen LogP contribution in [0.3, 0.4) is 0 Å². The zero-order valence-electron chi connectivity index (χ0n) is 8.38. The van der Waals surface area contributed by atoms with Crippen LogP contribution >= 0.6 is 0 Å². The molecule has 1 nitrogen and oxygen atoms in total. The van der Waals surface area contributed by atoms with Crippen LogP contribution in [-0.2, 0) is 0 Å². The van der Waals surface area contributed by atoms with Crippen LogP contribution in [-0.4, -0.2) is 6.54 Å². The fourth-order valence-corrected chi connectivity index (χ4v) is 1.27. The van der Waals surface area contributed by atoms with Crippen molar-refractivity contribution in [2.45, 2.75) is 13.8 Å². The van der Waals surface area contributed by atoms with Crippen molar-refractivity contribution in [3.63, 3.8) is 0 Å². The van der Waals surface area contributed by atoms with E-state index in [1.165, 1.54) is 11.1 Å². The predicted molar refractivity (Wildman–Crippen MR) is 58.4 cm³/mol. The van der Waals surface area contributed by atoms with Crippen LogP contribution in [0.15, 0.2) is 30.8 Å². The van der Waals surface area contributed by atoms with E-state index in [0.717, 1.165) is 5.57 Å². The van der Waals surface area contributed by atoms with Gasteiger partial charge in [-0.1, -0.05) is 43.3 Å². The molecule has 0 aliphatic carbocycles. The van der Waals surface area contributed by atoms with E-state index in [2.05, 4.69) is 44.7 Å². The summed E-state index contributed by atoms with van der Waals surface area (Å²) in [7, 11) is 0. The lowest BCUT2D eigenvalue weighted by Crippen LogP contribution is -2.11. The molecule has 0 heterocycles. The Morgan fingerprint density at radius 3 is 2.77 bits per heavy atom. The molecule has 1 rings (SSSR count). The minimum atomic E-state index is 0.363. The van der Waals surface area contributed by atoms with Crippen molar-refractivity contribution in [3.05, 3.63) is 42.0 Å². The first kappa shape index (κ1) is 10.0. The van der Waals surface area contributed by atoms with Crippen molar-refractivity contribution in [1.29, 1.82) is 0 Å². The van der Waals surface area contributed by atoms with E-state index in [-0.39, 0.29) is 0 Å². The lowest BCUT2D eigenvalue weighted by atomic mass is 9.95. The molecule has 0 saturated carbocycles. The van der Waals surface area contributed by atoms with Gasteiger partial charge in [-0.05, 0) is 30.5 Å². The Morgan fingerprint density at radius 1 is 1.54 bits per heavy atom. The van der Waals surface area contributed by atoms with Crippen LogP contribution in [0.1, 0.15) is 18.1 Å². The summed E-state index contributed by atoms with van der Waals surface area (Å²) in [5.41, 5.74) is 9.19. The van der Waals surface area contributed by atoms with Crippen molar-refractivity contribution in [1.82, 2.24) is 0 Å². The van der Waals surface area contributed by atoms with E-state index in [0.29, 0.717) is 12.5 Å². The maximum Gasteiger partial charge on any atom is -0.00109 e. The second-order valence-electron chi connectivity index (χ2n) is 3.53. The molecule has 1 aromatic rings. The molecule has 0 aliphatic rings. The Labute approximate surface area is 80.3 Å². The molecule has 1 unspecified atom stereocenters. The molecular formula is C12H17N. The fraction of sp³-hybridized carbons (Fsp3) is 0.333. The van der Waals surface area contributed by atoms with Crippen LogP contribution in [0.5, 0.6) is 0 Å². The van der Waals surface area contributed by atoms with Gasteiger partial charge in [0.25, 0.3) is 0 Å². The topological polar surface area (TPSA) is 26.0 Å². The Balaban J connectivity index is 2.89. The van der Waals surface area contributed by atoms with Crippen molar-refractivity contribution in [2.75, 3.05) is 6.54 Å². The standard InChI is InChI=1S/C12H17N/c1-9-5-4-6-12(7-9)11(3)10(2)8-13/h4-7,10H,3,8,13H2,1-2H3. The number of hydrogen-bond donors (Lipinski definition) is 1. The van der Waals surface area contributed by atoms with Crippen molar-refractivity contribution >= 4 is 5.57 Å². The minimum Gasteiger partial charge on any atom is -0.330 e. The third-order valence-corrected chi connectivity index (χ3v) is 2.34. The summed E-state index contributed by atoms with van der Waals surface area (Å²) in [6.45, 7) is 8.91. The summed E-state index contributed by atoms with van der Waals surface area (Å²) >= 11 is 0. The smallest absolute Gasteiger partial charge is 0.00109 e. The summed E-state index contributed by atoms with van der Waals surface area (Å²) in [5, 5.41) is 0. The molecule has 13 heavy (non-hydrogen) atoms. The minimum absolute atomic E-state index is 0.363. The summed E-state index contributed by atoms with van der Waals surface area (Å²) in [5.74, 6) is 0.363. The van der Waals surface area contributed by atoms with Crippen molar-refractivity contribution < 1.29 is 0 Å². The van der Waals surface area contributed by atoms with Gasteiger partial charge in [-0.2, -0.15) is 0 Å². The van der Waals surface area contributed by atoms with Gasteiger partial charge in [0.15, 0.2) is 0 Å². The highest BCUT2D eigenvalue weighted by Gasteiger charge is 2.06. The molecule has 2 N–H and O–H groups in total. The summed E-state index contributed by atoms with van der Waals surface area (Å²) in [4.78, 5) is 0. The third kappa shape index (κ3) is 2.43. The summed E-state index contributed by atoms with van der Waals surface area (Å²) in [6.07, 6.45) is 0. The Hall–Kier alpha value is -1.08. The highest BCUT2D eigenvalue weighted by molar-refractivity contribution is 5.65. The first-order valence-electron chi connectivity index (χ1n) is 4.61. The lowest BCUT2D eigenvalue weighted by molar-refractivity contribution is 0.761. The summed E-state index contributed by atoms with van der Waals surface area (Å²) < 4.78 is 0. The van der Waals surface area contributed by atoms with Gasteiger partial charge < -0.3 is 5.73 Å². The number of aryl methyl sites for hydroxylation is 1. The Bertz CT molecular complexity index is 302. The van der Waals surface area contributed by atoms with Gasteiger partial charge >= 0.3 is 0 Å². The fourth-order valence-electron chi connectivity index (χ4n) is 1.27. The lowest BCUT2D eigenvalue weighted by Gasteiger charge is -2.12. The first-order valence-corrected chi connectivity index (χ1v) is 4.61. The molecular weight excluding hydrogens is 158 g/mol. The van der Waals surface area contributed by atoms with Crippen molar-refractivity contribution in [2.24, 2.45) is 11.7 Å². The van der Waals surface area contributed by atoms with Crippen LogP contribution in [0.25, 0.3) is 5.57 Å². The average Bonchev–Trinajstić information content (AvgIpc) is 2.15. The molecule has 0 fully saturated rings. The molecule has 0 aliphatic heterocycles. The van der Waals surface area contributed by atoms with E-state index >= 15 is 0 Å². The Kier molecular flexibility index (Phi) is 3.26. The van der Waals surface area contributed by atoms with Gasteiger partial charge in [-0.15, -0.1) is 0 Å². The molecule has 0 aromatic heterocycles. The average molecular weight is 175 g/mol. The number of hydrogen-bond acceptors (Lipinski definition) is 1. The van der Waals surface area contributed by atoms with E-state index in [4.69, 9.17) is 5.73 Å². The zero-order chi connectivity index (χ0) is 9.84. The number of rotatable bonds is 3. The maximum absolute atomic E-state index is 5.59. The van der Waals surface area contributed by atoms with Gasteiger partial charge in [0.2, 0.25) is 0 Å². The molecule has 0 spiro atoms. The van der Waals surface area contributed by atoms with Gasteiger partial charge in [0.1, 0.15) is 0 Å². The monoisotopic (exact) mass is 175 g/mol. The van der Waals surface area contributed by atoms with Crippen molar-refractivity contribution in [3.8, 4) is 0 Å². The molecule has 1 atom stereocenters. The molecule has 1 aromatic carbocycles. The maximum atomic E-state index is 5.59. The molecule has 0 radical (unpaired) electrons. The van der Waals surface area contributed by atoms with E-state index in [1.54, 1.807) is 0 Å². The molecule has 1 heteroatoms. The molecule has 0 amide bonds. The molecule has 0 bridgehead atoms. The van der Waals surface area contributed by atoms with E-state index < -0.39 is 0 Å². The normalized spacial score (nSPS) is 12.5. The number of nitrogens with two attached hydrogens (primary N) is 1. The van der Waals surface area contributed by atoms with Gasteiger partial charge in [0.05, 0.1) is 0 Å². The van der Waals surface area contributed by atoms with E-state index in [9.17, 15) is 0 Å². The van der Waals surface area contributed by atoms with Gasteiger partial charge in [0, 0.05) is 0 Å². The summed E-state index contributed by atoms with van der Waals surface area (Å²) in [6, 6.07) is 8.37. The van der Waals surface area contributed by atoms with Gasteiger partial charge in [-0.25, -0.2) is 0 Å². The Morgan fingerprint density at radius 2 is 2.23 bits per heavy atom. The molecule has 70 valence electrons. The second kappa shape index (κ2) is 4.24. The highest BCUT2D eigenvalue weighted by Crippen LogP contribution is 2.20. The van der Waals surface area contributed by atoms with Crippen LogP contribution in [0, 0.1) is 12.8 Å². The second-order valence-corrected chi connectivity index (χ2v) is 3.53. The zero-order valence-corrected chi connectivity index (χ0v) is 8.38. The largest absolute Gasteiger partial charge is 0.330 e. The quantitative estimate of drug-likeness (QED) is 0.750. The van der Waals surface area contributed by atoms with Gasteiger partial charge in [-0.3, -0.25) is 0 Å². The van der Waals surface area contributed by atoms with E-state index in [1.807, 2.05) is 0 Å². The highest BCUT2D eigenvalue weighted by atomic mass is 14.5.